The number of ether oxygens (including phenoxy) is 2. The van der Waals surface area contributed by atoms with E-state index in [9.17, 15) is 9.59 Å². The van der Waals surface area contributed by atoms with Crippen LogP contribution in [0.15, 0.2) is 73.1 Å². The summed E-state index contributed by atoms with van der Waals surface area (Å²) in [5, 5.41) is 1.34. The maximum Gasteiger partial charge on any atom is 0.302 e. The van der Waals surface area contributed by atoms with Crippen LogP contribution in [0.4, 0.5) is 0 Å². The second kappa shape index (κ2) is 11.8. The van der Waals surface area contributed by atoms with Gasteiger partial charge in [-0.3, -0.25) is 14.6 Å². The maximum absolute atomic E-state index is 12.0. The monoisotopic (exact) mass is 486 g/mol. The van der Waals surface area contributed by atoms with Crippen molar-refractivity contribution < 1.29 is 19.1 Å². The average molecular weight is 487 g/mol. The molecule has 8 heteroatoms. The maximum atomic E-state index is 12.0. The topological polar surface area (TPSA) is 68.7 Å². The molecule has 3 aromatic rings. The van der Waals surface area contributed by atoms with Gasteiger partial charge in [0.05, 0.1) is 6.04 Å². The Balaban J connectivity index is 0.000000235. The molecule has 0 bridgehead atoms. The van der Waals surface area contributed by atoms with E-state index in [2.05, 4.69) is 4.98 Å². The van der Waals surface area contributed by atoms with Gasteiger partial charge in [0.2, 0.25) is 5.91 Å². The first-order chi connectivity index (χ1) is 15.8. The van der Waals surface area contributed by atoms with Gasteiger partial charge in [-0.1, -0.05) is 47.5 Å². The molecule has 33 heavy (non-hydrogen) atoms. The van der Waals surface area contributed by atoms with E-state index < -0.39 is 0 Å². The van der Waals surface area contributed by atoms with Crippen LogP contribution < -0.4 is 0 Å². The fourth-order valence-electron chi connectivity index (χ4n) is 3.37. The molecule has 2 heterocycles. The molecule has 2 aromatic carbocycles. The number of hydrogen-bond acceptors (Lipinski definition) is 5. The minimum absolute atomic E-state index is 0.0369. The number of benzene rings is 2. The van der Waals surface area contributed by atoms with Crippen molar-refractivity contribution in [3.05, 3.63) is 99.8 Å². The quantitative estimate of drug-likeness (QED) is 0.461. The molecule has 1 aliphatic heterocycles. The molecule has 4 rings (SSSR count). The third-order valence-corrected chi connectivity index (χ3v) is 5.59. The van der Waals surface area contributed by atoms with Crippen LogP contribution in [0.2, 0.25) is 10.0 Å². The summed E-state index contributed by atoms with van der Waals surface area (Å²) >= 11 is 11.9. The van der Waals surface area contributed by atoms with Gasteiger partial charge >= 0.3 is 5.97 Å². The number of esters is 1. The summed E-state index contributed by atoms with van der Waals surface area (Å²) in [7, 11) is 1.80. The predicted molar refractivity (Wildman–Crippen MR) is 127 cm³/mol. The van der Waals surface area contributed by atoms with Crippen LogP contribution in [0.1, 0.15) is 35.8 Å². The van der Waals surface area contributed by atoms with Crippen LogP contribution in [-0.4, -0.2) is 35.4 Å². The second-order valence-electron chi connectivity index (χ2n) is 7.42. The minimum Gasteiger partial charge on any atom is -0.461 e. The van der Waals surface area contributed by atoms with E-state index in [1.165, 1.54) is 6.92 Å². The molecule has 1 amide bonds. The zero-order valence-corrected chi connectivity index (χ0v) is 19.8. The van der Waals surface area contributed by atoms with Crippen molar-refractivity contribution in [1.29, 1.82) is 0 Å². The molecule has 172 valence electrons. The lowest BCUT2D eigenvalue weighted by molar-refractivity contribution is -0.155. The molecular weight excluding hydrogens is 463 g/mol. The van der Waals surface area contributed by atoms with Gasteiger partial charge in [-0.2, -0.15) is 0 Å². The van der Waals surface area contributed by atoms with Crippen molar-refractivity contribution in [2.75, 3.05) is 13.7 Å². The number of aromatic nitrogens is 1. The molecule has 0 saturated carbocycles. The predicted octanol–water partition coefficient (Wildman–Crippen LogP) is 5.41. The molecule has 0 spiro atoms. The van der Waals surface area contributed by atoms with Crippen molar-refractivity contribution in [2.24, 2.45) is 0 Å². The zero-order valence-electron chi connectivity index (χ0n) is 18.3. The van der Waals surface area contributed by atoms with Crippen molar-refractivity contribution >= 4 is 35.1 Å². The van der Waals surface area contributed by atoms with E-state index in [1.54, 1.807) is 24.3 Å². The van der Waals surface area contributed by atoms with Crippen LogP contribution in [0.25, 0.3) is 0 Å². The lowest BCUT2D eigenvalue weighted by Gasteiger charge is -2.39. The summed E-state index contributed by atoms with van der Waals surface area (Å²) in [6.45, 7) is 1.80. The van der Waals surface area contributed by atoms with Gasteiger partial charge < -0.3 is 14.4 Å². The Morgan fingerprint density at radius 1 is 1.00 bits per heavy atom. The number of hydrogen-bond donors (Lipinski definition) is 0. The van der Waals surface area contributed by atoms with Gasteiger partial charge in [-0.05, 0) is 53.1 Å². The molecular formula is C25H24Cl2N2O4. The molecule has 1 aromatic heterocycles. The Hall–Kier alpha value is -2.93. The highest BCUT2D eigenvalue weighted by atomic mass is 35.5. The molecule has 0 radical (unpaired) electrons. The van der Waals surface area contributed by atoms with Crippen molar-refractivity contribution in [3.63, 3.8) is 0 Å². The molecule has 1 fully saturated rings. The summed E-state index contributed by atoms with van der Waals surface area (Å²) in [5.41, 5.74) is 2.93. The number of rotatable bonds is 4. The largest absolute Gasteiger partial charge is 0.461 e. The second-order valence-corrected chi connectivity index (χ2v) is 8.29. The van der Waals surface area contributed by atoms with Crippen molar-refractivity contribution in [3.8, 4) is 0 Å². The normalized spacial score (nSPS) is 17.7. The number of morpholine rings is 1. The number of pyridine rings is 1. The smallest absolute Gasteiger partial charge is 0.302 e. The first-order valence-corrected chi connectivity index (χ1v) is 11.0. The summed E-state index contributed by atoms with van der Waals surface area (Å²) in [5.74, 6) is -0.299. The lowest BCUT2D eigenvalue weighted by atomic mass is 9.93. The minimum atomic E-state index is -0.262. The Kier molecular flexibility index (Phi) is 8.83. The van der Waals surface area contributed by atoms with Crippen molar-refractivity contribution in [2.45, 2.75) is 25.7 Å². The average Bonchev–Trinajstić information content (AvgIpc) is 2.82. The number of likely N-dealkylation sites (N-methyl/N-ethyl adjacent to an activating group) is 1. The highest BCUT2D eigenvalue weighted by molar-refractivity contribution is 6.30. The van der Waals surface area contributed by atoms with Crippen LogP contribution in [0, 0.1) is 0 Å². The van der Waals surface area contributed by atoms with Gasteiger partial charge in [-0.15, -0.1) is 0 Å². The van der Waals surface area contributed by atoms with Crippen LogP contribution in [0.5, 0.6) is 0 Å². The summed E-state index contributed by atoms with van der Waals surface area (Å²) < 4.78 is 10.6. The molecule has 2 atom stereocenters. The molecule has 0 aliphatic carbocycles. The Morgan fingerprint density at radius 3 is 2.09 bits per heavy atom. The van der Waals surface area contributed by atoms with E-state index in [0.29, 0.717) is 16.7 Å². The van der Waals surface area contributed by atoms with Gasteiger partial charge in [0.15, 0.2) is 0 Å². The van der Waals surface area contributed by atoms with E-state index in [0.717, 1.165) is 16.7 Å². The number of carbonyl (C=O) groups excluding carboxylic acids is 2. The first kappa shape index (κ1) is 24.7. The summed E-state index contributed by atoms with van der Waals surface area (Å²) in [6, 6.07) is 18.4. The van der Waals surface area contributed by atoms with Gasteiger partial charge in [0.1, 0.15) is 19.3 Å². The highest BCUT2D eigenvalue weighted by Gasteiger charge is 2.36. The fraction of sp³-hybridized carbons (Fsp3) is 0.240. The third kappa shape index (κ3) is 7.02. The van der Waals surface area contributed by atoms with E-state index in [4.69, 9.17) is 32.7 Å². The Bertz CT molecular complexity index is 1060. The highest BCUT2D eigenvalue weighted by Crippen LogP contribution is 2.39. The van der Waals surface area contributed by atoms with Crippen LogP contribution >= 0.6 is 23.2 Å². The van der Waals surface area contributed by atoms with Crippen LogP contribution in [0.3, 0.4) is 0 Å². The first-order valence-electron chi connectivity index (χ1n) is 10.3. The SMILES string of the molecule is CC(=O)OCc1ccncc1.CN1C(=O)COC(c2ccc(Cl)cc2)C1c1ccc(Cl)cc1. The lowest BCUT2D eigenvalue weighted by Crippen LogP contribution is -2.43. The fourth-order valence-corrected chi connectivity index (χ4v) is 3.62. The van der Waals surface area contributed by atoms with Gasteiger partial charge in [0.25, 0.3) is 0 Å². The molecule has 0 N–H and O–H groups in total. The molecule has 1 aliphatic rings. The number of halogens is 2. The summed E-state index contributed by atoms with van der Waals surface area (Å²) in [6.07, 6.45) is 3.10. The molecule has 2 unspecified atom stereocenters. The third-order valence-electron chi connectivity index (χ3n) is 5.09. The Labute approximate surface area is 203 Å². The Morgan fingerprint density at radius 2 is 1.55 bits per heavy atom. The number of carbonyl (C=O) groups is 2. The number of nitrogens with zero attached hydrogens (tertiary/aromatic N) is 2. The van der Waals surface area contributed by atoms with Gasteiger partial charge in [0, 0.05) is 36.4 Å². The zero-order chi connectivity index (χ0) is 23.8. The molecule has 6 nitrogen and oxygen atoms in total. The molecule has 1 saturated heterocycles. The standard InChI is InChI=1S/C17H15Cl2NO2.C8H9NO2/c1-20-15(21)10-22-17(12-4-8-14(19)9-5-12)16(20)11-2-6-13(18)7-3-11;1-7(10)11-6-8-2-4-9-5-3-8/h2-9,16-17H,10H2,1H3;2-5H,6H2,1H3. The van der Waals surface area contributed by atoms with E-state index in [1.807, 2.05) is 60.7 Å². The van der Waals surface area contributed by atoms with Crippen LogP contribution in [-0.2, 0) is 25.7 Å². The van der Waals surface area contributed by atoms with Gasteiger partial charge in [-0.25, -0.2) is 0 Å². The number of amides is 1. The van der Waals surface area contributed by atoms with Crippen molar-refractivity contribution in [1.82, 2.24) is 9.88 Å². The van der Waals surface area contributed by atoms with E-state index >= 15 is 0 Å². The van der Waals surface area contributed by atoms with E-state index in [-0.39, 0.29) is 30.6 Å². The summed E-state index contributed by atoms with van der Waals surface area (Å²) in [4.78, 5) is 28.0.